The van der Waals surface area contributed by atoms with Crippen molar-refractivity contribution < 1.29 is 12.8 Å². The third-order valence-electron chi connectivity index (χ3n) is 4.45. The van der Waals surface area contributed by atoms with Crippen molar-refractivity contribution in [2.75, 3.05) is 14.1 Å². The van der Waals surface area contributed by atoms with Gasteiger partial charge in [-0.15, -0.1) is 0 Å². The Labute approximate surface area is 166 Å². The second kappa shape index (κ2) is 7.54. The van der Waals surface area contributed by atoms with Crippen LogP contribution in [0.5, 0.6) is 0 Å². The molecule has 0 aliphatic carbocycles. The molecule has 3 aromatic rings. The minimum absolute atomic E-state index is 0.000474. The van der Waals surface area contributed by atoms with Gasteiger partial charge < -0.3 is 8.98 Å². The number of fused-ring (bicyclic) bond motifs is 1. The number of rotatable bonds is 5. The molecule has 0 N–H and O–H groups in total. The van der Waals surface area contributed by atoms with Crippen molar-refractivity contribution in [1.82, 2.24) is 8.87 Å². The van der Waals surface area contributed by atoms with Crippen molar-refractivity contribution in [2.45, 2.75) is 24.8 Å². The molecule has 0 bridgehead atoms. The molecule has 0 spiro atoms. The second-order valence-corrected chi connectivity index (χ2v) is 9.06. The van der Waals surface area contributed by atoms with E-state index >= 15 is 0 Å². The summed E-state index contributed by atoms with van der Waals surface area (Å²) < 4.78 is 32.3. The van der Waals surface area contributed by atoms with Gasteiger partial charge in [-0.1, -0.05) is 18.5 Å². The van der Waals surface area contributed by atoms with E-state index in [9.17, 15) is 18.0 Å². The zero-order valence-electron chi connectivity index (χ0n) is 15.6. The highest BCUT2D eigenvalue weighted by Gasteiger charge is 2.19. The SMILES string of the molecule is CCc1cc2oc(=O)cc(Cn3cc(S(=O)(=O)N(C)C)ccc3=O)c2cc1Cl. The standard InChI is InChI=1S/C19H19ClN2O5S/c1-4-12-7-17-15(9-16(12)20)13(8-19(24)27-17)10-22-11-14(5-6-18(22)23)28(25,26)21(2)3/h5-9,11H,4,10H2,1-3H3. The highest BCUT2D eigenvalue weighted by atomic mass is 35.5. The largest absolute Gasteiger partial charge is 0.423 e. The Hall–Kier alpha value is -2.42. The first kappa shape index (κ1) is 20.3. The first-order chi connectivity index (χ1) is 13.1. The quantitative estimate of drug-likeness (QED) is 0.589. The molecule has 0 aliphatic heterocycles. The van der Waals surface area contributed by atoms with Gasteiger partial charge in [-0.05, 0) is 35.7 Å². The van der Waals surface area contributed by atoms with E-state index in [2.05, 4.69) is 0 Å². The number of pyridine rings is 1. The minimum Gasteiger partial charge on any atom is -0.423 e. The molecule has 9 heteroatoms. The molecule has 0 aliphatic rings. The monoisotopic (exact) mass is 422 g/mol. The van der Waals surface area contributed by atoms with Crippen LogP contribution in [-0.4, -0.2) is 31.4 Å². The van der Waals surface area contributed by atoms with Crippen LogP contribution >= 0.6 is 11.6 Å². The van der Waals surface area contributed by atoms with Crippen LogP contribution in [0.4, 0.5) is 0 Å². The van der Waals surface area contributed by atoms with Crippen molar-refractivity contribution in [3.8, 4) is 0 Å². The first-order valence-corrected chi connectivity index (χ1v) is 10.3. The average molecular weight is 423 g/mol. The van der Waals surface area contributed by atoms with Crippen molar-refractivity contribution in [2.24, 2.45) is 0 Å². The van der Waals surface area contributed by atoms with E-state index in [-0.39, 0.29) is 11.4 Å². The number of nitrogens with zero attached hydrogens (tertiary/aromatic N) is 2. The van der Waals surface area contributed by atoms with Gasteiger partial charge in [0.05, 0.1) is 11.4 Å². The number of hydrogen-bond donors (Lipinski definition) is 0. The van der Waals surface area contributed by atoms with Gasteiger partial charge in [-0.3, -0.25) is 4.79 Å². The molecule has 0 saturated heterocycles. The predicted molar refractivity (Wildman–Crippen MR) is 108 cm³/mol. The van der Waals surface area contributed by atoms with Crippen molar-refractivity contribution in [3.63, 3.8) is 0 Å². The summed E-state index contributed by atoms with van der Waals surface area (Å²) >= 11 is 6.30. The maximum Gasteiger partial charge on any atom is 0.336 e. The van der Waals surface area contributed by atoms with Crippen LogP contribution in [0.1, 0.15) is 18.1 Å². The Morgan fingerprint density at radius 3 is 2.46 bits per heavy atom. The van der Waals surface area contributed by atoms with Crippen molar-refractivity contribution in [1.29, 1.82) is 0 Å². The summed E-state index contributed by atoms with van der Waals surface area (Å²) in [7, 11) is -0.881. The number of hydrogen-bond acceptors (Lipinski definition) is 5. The lowest BCUT2D eigenvalue weighted by molar-refractivity contribution is 0.519. The van der Waals surface area contributed by atoms with Crippen molar-refractivity contribution >= 4 is 32.6 Å². The molecule has 0 radical (unpaired) electrons. The molecule has 3 rings (SSSR count). The van der Waals surface area contributed by atoms with Gasteiger partial charge in [0.25, 0.3) is 5.56 Å². The van der Waals surface area contributed by atoms with Gasteiger partial charge in [-0.2, -0.15) is 0 Å². The van der Waals surface area contributed by atoms with Crippen LogP contribution in [0.15, 0.2) is 55.4 Å². The molecular weight excluding hydrogens is 404 g/mol. The molecule has 1 aromatic carbocycles. The van der Waals surface area contributed by atoms with Crippen LogP contribution in [0.2, 0.25) is 5.02 Å². The fourth-order valence-corrected chi connectivity index (χ4v) is 4.09. The Morgan fingerprint density at radius 1 is 1.11 bits per heavy atom. The molecule has 7 nitrogen and oxygen atoms in total. The molecular formula is C19H19ClN2O5S. The van der Waals surface area contributed by atoms with E-state index in [0.29, 0.717) is 28.0 Å². The number of benzene rings is 1. The smallest absolute Gasteiger partial charge is 0.336 e. The zero-order chi connectivity index (χ0) is 20.6. The summed E-state index contributed by atoms with van der Waals surface area (Å²) in [6.07, 6.45) is 1.94. The van der Waals surface area contributed by atoms with Gasteiger partial charge in [0.15, 0.2) is 0 Å². The number of sulfonamides is 1. The molecule has 28 heavy (non-hydrogen) atoms. The van der Waals surface area contributed by atoms with E-state index < -0.39 is 21.2 Å². The maximum atomic E-state index is 12.4. The molecule has 0 fully saturated rings. The molecule has 2 heterocycles. The molecule has 0 saturated carbocycles. The molecule has 0 amide bonds. The summed E-state index contributed by atoms with van der Waals surface area (Å²) in [5.74, 6) is 0. The Balaban J connectivity index is 2.17. The molecule has 0 unspecified atom stereocenters. The maximum absolute atomic E-state index is 12.4. The predicted octanol–water partition coefficient (Wildman–Crippen LogP) is 2.47. The van der Waals surface area contributed by atoms with Gasteiger partial charge >= 0.3 is 5.63 Å². The van der Waals surface area contributed by atoms with E-state index in [4.69, 9.17) is 16.0 Å². The lowest BCUT2D eigenvalue weighted by atomic mass is 10.1. The van der Waals surface area contributed by atoms with E-state index in [1.807, 2.05) is 6.92 Å². The normalized spacial score (nSPS) is 12.0. The highest BCUT2D eigenvalue weighted by molar-refractivity contribution is 7.89. The van der Waals surface area contributed by atoms with Crippen molar-refractivity contribution in [3.05, 3.63) is 73.5 Å². The molecule has 148 valence electrons. The van der Waals surface area contributed by atoms with E-state index in [0.717, 1.165) is 9.87 Å². The summed E-state index contributed by atoms with van der Waals surface area (Å²) in [4.78, 5) is 24.3. The zero-order valence-corrected chi connectivity index (χ0v) is 17.2. The van der Waals surface area contributed by atoms with Crippen LogP contribution in [0.25, 0.3) is 11.0 Å². The summed E-state index contributed by atoms with van der Waals surface area (Å²) in [5, 5.41) is 1.12. The Bertz CT molecular complexity index is 1280. The van der Waals surface area contributed by atoms with Gasteiger partial charge in [0, 0.05) is 42.8 Å². The minimum atomic E-state index is -3.70. The average Bonchev–Trinajstić information content (AvgIpc) is 2.63. The van der Waals surface area contributed by atoms with Crippen LogP contribution < -0.4 is 11.2 Å². The summed E-state index contributed by atoms with van der Waals surface area (Å²) in [6, 6.07) is 7.13. The Kier molecular flexibility index (Phi) is 5.47. The van der Waals surface area contributed by atoms with Gasteiger partial charge in [0.2, 0.25) is 10.0 Å². The number of aryl methyl sites for hydroxylation is 1. The van der Waals surface area contributed by atoms with Gasteiger partial charge in [-0.25, -0.2) is 17.5 Å². The van der Waals surface area contributed by atoms with E-state index in [1.54, 1.807) is 12.1 Å². The van der Waals surface area contributed by atoms with Crippen LogP contribution in [0.3, 0.4) is 0 Å². The Morgan fingerprint density at radius 2 is 1.82 bits per heavy atom. The molecule has 0 atom stereocenters. The van der Waals surface area contributed by atoms with Crippen LogP contribution in [-0.2, 0) is 23.0 Å². The lowest BCUT2D eigenvalue weighted by Crippen LogP contribution is -2.26. The third-order valence-corrected chi connectivity index (χ3v) is 6.60. The second-order valence-electron chi connectivity index (χ2n) is 6.50. The number of aromatic nitrogens is 1. The third kappa shape index (κ3) is 3.76. The fraction of sp³-hybridized carbons (Fsp3) is 0.263. The highest BCUT2D eigenvalue weighted by Crippen LogP contribution is 2.26. The molecule has 2 aromatic heterocycles. The fourth-order valence-electron chi connectivity index (χ4n) is 2.87. The summed E-state index contributed by atoms with van der Waals surface area (Å²) in [6.45, 7) is 1.94. The lowest BCUT2D eigenvalue weighted by Gasteiger charge is -2.14. The van der Waals surface area contributed by atoms with Crippen LogP contribution in [0, 0.1) is 0 Å². The number of halogens is 1. The van der Waals surface area contributed by atoms with E-state index in [1.165, 1.54) is 43.1 Å². The van der Waals surface area contributed by atoms with Gasteiger partial charge in [0.1, 0.15) is 5.58 Å². The first-order valence-electron chi connectivity index (χ1n) is 8.51. The topological polar surface area (TPSA) is 89.6 Å². The summed E-state index contributed by atoms with van der Waals surface area (Å²) in [5.41, 5.74) is 0.768.